The Morgan fingerprint density at radius 3 is 3.04 bits per heavy atom. The Morgan fingerprint density at radius 2 is 2.22 bits per heavy atom. The first-order chi connectivity index (χ1) is 11.2. The number of nitrogens with one attached hydrogen (secondary N) is 1. The van der Waals surface area contributed by atoms with Gasteiger partial charge in [0.05, 0.1) is 17.0 Å². The minimum atomic E-state index is -0.265. The Bertz CT molecular complexity index is 713. The Kier molecular flexibility index (Phi) is 5.08. The summed E-state index contributed by atoms with van der Waals surface area (Å²) < 4.78 is 0. The number of aromatic amines is 1. The van der Waals surface area contributed by atoms with Gasteiger partial charge in [0, 0.05) is 19.0 Å². The number of nitrogens with zero attached hydrogens (tertiary/aromatic N) is 2. The summed E-state index contributed by atoms with van der Waals surface area (Å²) in [4.78, 5) is 21.9. The van der Waals surface area contributed by atoms with Gasteiger partial charge in [-0.3, -0.25) is 9.69 Å². The van der Waals surface area contributed by atoms with Crippen LogP contribution in [-0.2, 0) is 6.42 Å². The molecule has 1 fully saturated rings. The molecule has 2 heterocycles. The summed E-state index contributed by atoms with van der Waals surface area (Å²) in [6.45, 7) is 3.86. The van der Waals surface area contributed by atoms with Crippen LogP contribution < -0.4 is 5.56 Å². The van der Waals surface area contributed by atoms with E-state index in [4.69, 9.17) is 0 Å². The predicted octanol–water partition coefficient (Wildman–Crippen LogP) is 2.09. The standard InChI is InChI=1S/C18H25N3O2/c1-2-16(22)15-9-5-6-11-21(15)12-10-17-19-14-8-4-3-7-13(14)18(23)20-17/h3-4,7-8,15-16,22H,2,5-6,9-12H2,1H3,(H,19,20,23). The number of aliphatic hydroxyl groups excluding tert-OH is 1. The van der Waals surface area contributed by atoms with Crippen molar-refractivity contribution in [1.29, 1.82) is 0 Å². The minimum absolute atomic E-state index is 0.0746. The van der Waals surface area contributed by atoms with E-state index in [1.165, 1.54) is 12.8 Å². The number of hydrogen-bond acceptors (Lipinski definition) is 4. The van der Waals surface area contributed by atoms with Crippen molar-refractivity contribution in [1.82, 2.24) is 14.9 Å². The molecular weight excluding hydrogens is 290 g/mol. The summed E-state index contributed by atoms with van der Waals surface area (Å²) >= 11 is 0. The number of rotatable bonds is 5. The third-order valence-corrected chi connectivity index (χ3v) is 4.82. The first-order valence-corrected chi connectivity index (χ1v) is 8.59. The lowest BCUT2D eigenvalue weighted by atomic mass is 9.96. The summed E-state index contributed by atoms with van der Waals surface area (Å²) in [6, 6.07) is 7.66. The molecule has 23 heavy (non-hydrogen) atoms. The minimum Gasteiger partial charge on any atom is -0.392 e. The Labute approximate surface area is 136 Å². The van der Waals surface area contributed by atoms with Gasteiger partial charge in [-0.25, -0.2) is 4.98 Å². The van der Waals surface area contributed by atoms with Crippen LogP contribution in [-0.4, -0.2) is 45.2 Å². The number of likely N-dealkylation sites (tertiary alicyclic amines) is 1. The molecule has 0 radical (unpaired) electrons. The van der Waals surface area contributed by atoms with Crippen molar-refractivity contribution in [2.24, 2.45) is 0 Å². The largest absolute Gasteiger partial charge is 0.392 e. The lowest BCUT2D eigenvalue weighted by Gasteiger charge is -2.38. The van der Waals surface area contributed by atoms with Crippen molar-refractivity contribution in [2.45, 2.75) is 51.2 Å². The lowest BCUT2D eigenvalue weighted by molar-refractivity contribution is 0.0244. The molecule has 124 valence electrons. The van der Waals surface area contributed by atoms with Gasteiger partial charge in [0.25, 0.3) is 5.56 Å². The molecule has 2 aromatic rings. The molecule has 0 spiro atoms. The van der Waals surface area contributed by atoms with Gasteiger partial charge in [-0.15, -0.1) is 0 Å². The Hall–Kier alpha value is -1.72. The summed E-state index contributed by atoms with van der Waals surface area (Å²) in [6.07, 6.45) is 4.63. The highest BCUT2D eigenvalue weighted by Crippen LogP contribution is 2.21. The zero-order valence-electron chi connectivity index (χ0n) is 13.7. The highest BCUT2D eigenvalue weighted by Gasteiger charge is 2.27. The molecule has 1 aromatic carbocycles. The van der Waals surface area contributed by atoms with E-state index in [9.17, 15) is 9.90 Å². The third-order valence-electron chi connectivity index (χ3n) is 4.82. The van der Waals surface area contributed by atoms with Crippen LogP contribution in [0.2, 0.25) is 0 Å². The average molecular weight is 315 g/mol. The van der Waals surface area contributed by atoms with Crippen LogP contribution in [0.25, 0.3) is 10.9 Å². The number of H-pyrrole nitrogens is 1. The summed E-state index contributed by atoms with van der Waals surface area (Å²) in [7, 11) is 0. The summed E-state index contributed by atoms with van der Waals surface area (Å²) in [5, 5.41) is 10.9. The van der Waals surface area contributed by atoms with E-state index >= 15 is 0 Å². The fraction of sp³-hybridized carbons (Fsp3) is 0.556. The van der Waals surface area contributed by atoms with E-state index in [0.29, 0.717) is 11.8 Å². The molecule has 5 nitrogen and oxygen atoms in total. The van der Waals surface area contributed by atoms with E-state index < -0.39 is 0 Å². The quantitative estimate of drug-likeness (QED) is 0.886. The van der Waals surface area contributed by atoms with Gasteiger partial charge in [-0.1, -0.05) is 25.5 Å². The van der Waals surface area contributed by atoms with Gasteiger partial charge < -0.3 is 10.1 Å². The maximum atomic E-state index is 12.1. The highest BCUT2D eigenvalue weighted by atomic mass is 16.3. The van der Waals surface area contributed by atoms with E-state index in [-0.39, 0.29) is 17.7 Å². The molecule has 1 aromatic heterocycles. The number of aromatic nitrogens is 2. The second-order valence-corrected chi connectivity index (χ2v) is 6.35. The molecule has 0 amide bonds. The van der Waals surface area contributed by atoms with Crippen LogP contribution in [0.5, 0.6) is 0 Å². The Morgan fingerprint density at radius 1 is 1.39 bits per heavy atom. The van der Waals surface area contributed by atoms with Crippen LogP contribution in [0, 0.1) is 0 Å². The number of benzene rings is 1. The number of piperidine rings is 1. The maximum Gasteiger partial charge on any atom is 0.258 e. The zero-order valence-corrected chi connectivity index (χ0v) is 13.7. The van der Waals surface area contributed by atoms with Gasteiger partial charge >= 0.3 is 0 Å². The van der Waals surface area contributed by atoms with Crippen LogP contribution in [0.3, 0.4) is 0 Å². The average Bonchev–Trinajstić information content (AvgIpc) is 2.59. The van der Waals surface area contributed by atoms with E-state index in [1.807, 2.05) is 25.1 Å². The lowest BCUT2D eigenvalue weighted by Crippen LogP contribution is -2.47. The molecule has 5 heteroatoms. The van der Waals surface area contributed by atoms with Gasteiger partial charge in [0.2, 0.25) is 0 Å². The molecule has 1 aliphatic rings. The van der Waals surface area contributed by atoms with E-state index in [0.717, 1.165) is 37.3 Å². The molecule has 2 atom stereocenters. The van der Waals surface area contributed by atoms with Gasteiger partial charge in [-0.05, 0) is 37.9 Å². The van der Waals surface area contributed by atoms with Crippen LogP contribution in [0.4, 0.5) is 0 Å². The van der Waals surface area contributed by atoms with Crippen molar-refractivity contribution < 1.29 is 5.11 Å². The molecule has 0 saturated carbocycles. The fourth-order valence-electron chi connectivity index (χ4n) is 3.50. The van der Waals surface area contributed by atoms with Gasteiger partial charge in [0.1, 0.15) is 5.82 Å². The number of fused-ring (bicyclic) bond motifs is 1. The molecule has 2 N–H and O–H groups in total. The monoisotopic (exact) mass is 315 g/mol. The predicted molar refractivity (Wildman–Crippen MR) is 91.6 cm³/mol. The summed E-state index contributed by atoms with van der Waals surface area (Å²) in [5.41, 5.74) is 0.671. The molecule has 1 saturated heterocycles. The number of hydrogen-bond donors (Lipinski definition) is 2. The van der Waals surface area contributed by atoms with Gasteiger partial charge in [0.15, 0.2) is 0 Å². The van der Waals surface area contributed by atoms with Crippen molar-refractivity contribution in [3.63, 3.8) is 0 Å². The van der Waals surface area contributed by atoms with E-state index in [1.54, 1.807) is 6.07 Å². The first kappa shape index (κ1) is 16.1. The molecular formula is C18H25N3O2. The van der Waals surface area contributed by atoms with Gasteiger partial charge in [-0.2, -0.15) is 0 Å². The molecule has 0 aliphatic carbocycles. The first-order valence-electron chi connectivity index (χ1n) is 8.59. The molecule has 1 aliphatic heterocycles. The normalized spacial score (nSPS) is 20.7. The van der Waals surface area contributed by atoms with Crippen molar-refractivity contribution >= 4 is 10.9 Å². The van der Waals surface area contributed by atoms with E-state index in [2.05, 4.69) is 14.9 Å². The van der Waals surface area contributed by atoms with Crippen LogP contribution in [0.15, 0.2) is 29.1 Å². The van der Waals surface area contributed by atoms with Crippen LogP contribution in [0.1, 0.15) is 38.4 Å². The summed E-state index contributed by atoms with van der Waals surface area (Å²) in [5.74, 6) is 0.726. The highest BCUT2D eigenvalue weighted by molar-refractivity contribution is 5.77. The molecule has 0 bridgehead atoms. The van der Waals surface area contributed by atoms with Crippen molar-refractivity contribution in [3.8, 4) is 0 Å². The molecule has 2 unspecified atom stereocenters. The smallest absolute Gasteiger partial charge is 0.258 e. The van der Waals surface area contributed by atoms with Crippen LogP contribution >= 0.6 is 0 Å². The fourth-order valence-corrected chi connectivity index (χ4v) is 3.50. The SMILES string of the molecule is CCC(O)C1CCCCN1CCc1nc2ccccc2c(=O)[nH]1. The second-order valence-electron chi connectivity index (χ2n) is 6.35. The molecule has 3 rings (SSSR count). The number of aliphatic hydroxyl groups is 1. The maximum absolute atomic E-state index is 12.1. The third kappa shape index (κ3) is 3.62. The zero-order chi connectivity index (χ0) is 16.2. The van der Waals surface area contributed by atoms with Crippen molar-refractivity contribution in [3.05, 3.63) is 40.4 Å². The topological polar surface area (TPSA) is 69.2 Å². The van der Waals surface area contributed by atoms with Crippen molar-refractivity contribution in [2.75, 3.05) is 13.1 Å². The second kappa shape index (κ2) is 7.23. The number of para-hydroxylation sites is 1. The Balaban J connectivity index is 1.73.